The third-order valence-corrected chi connectivity index (χ3v) is 4.34. The number of carboxylic acids is 1. The van der Waals surface area contributed by atoms with Crippen molar-refractivity contribution >= 4 is 12.0 Å². The molecule has 0 fully saturated rings. The van der Waals surface area contributed by atoms with Crippen LogP contribution in [0, 0.1) is 0 Å². The molecule has 0 heterocycles. The Morgan fingerprint density at radius 1 is 0.926 bits per heavy atom. The van der Waals surface area contributed by atoms with Crippen LogP contribution in [0.1, 0.15) is 44.1 Å². The highest BCUT2D eigenvalue weighted by molar-refractivity contribution is 5.85. The third kappa shape index (κ3) is 8.09. The van der Waals surface area contributed by atoms with Crippen molar-refractivity contribution in [3.05, 3.63) is 60.2 Å². The molecule has 0 aliphatic carbocycles. The smallest absolute Gasteiger partial charge is 0.328 e. The Hall–Kier alpha value is -2.59. The molecule has 0 unspecified atom stereocenters. The molecule has 0 radical (unpaired) electrons. The van der Waals surface area contributed by atoms with Gasteiger partial charge in [0.05, 0.1) is 6.61 Å². The molecule has 4 nitrogen and oxygen atoms in total. The molecular weight excluding hydrogens is 338 g/mol. The van der Waals surface area contributed by atoms with Crippen LogP contribution in [0.3, 0.4) is 0 Å². The van der Waals surface area contributed by atoms with Gasteiger partial charge in [-0.1, -0.05) is 56.0 Å². The molecular formula is C23H29NO3. The van der Waals surface area contributed by atoms with Crippen LogP contribution in [0.4, 0.5) is 0 Å². The first kappa shape index (κ1) is 20.7. The van der Waals surface area contributed by atoms with Gasteiger partial charge in [-0.2, -0.15) is 0 Å². The summed E-state index contributed by atoms with van der Waals surface area (Å²) in [6.45, 7) is 1.51. The predicted molar refractivity (Wildman–Crippen MR) is 111 cm³/mol. The van der Waals surface area contributed by atoms with Gasteiger partial charge in [0.1, 0.15) is 5.75 Å². The fourth-order valence-corrected chi connectivity index (χ4v) is 2.90. The predicted octanol–water partition coefficient (Wildman–Crippen LogP) is 5.13. The molecule has 0 saturated heterocycles. The van der Waals surface area contributed by atoms with Crippen molar-refractivity contribution in [2.75, 3.05) is 13.2 Å². The minimum atomic E-state index is -0.949. The lowest BCUT2D eigenvalue weighted by Crippen LogP contribution is -1.99. The van der Waals surface area contributed by atoms with Crippen molar-refractivity contribution in [1.29, 1.82) is 0 Å². The SMILES string of the molecule is NCCCCCCCCOc1cccc(-c2cccc(/C=C/C(=O)O)c2)c1. The van der Waals surface area contributed by atoms with Crippen LogP contribution in [-0.4, -0.2) is 24.2 Å². The van der Waals surface area contributed by atoms with Crippen LogP contribution >= 0.6 is 0 Å². The highest BCUT2D eigenvalue weighted by atomic mass is 16.5. The Morgan fingerprint density at radius 3 is 2.33 bits per heavy atom. The lowest BCUT2D eigenvalue weighted by molar-refractivity contribution is -0.131. The summed E-state index contributed by atoms with van der Waals surface area (Å²) >= 11 is 0. The molecule has 0 spiro atoms. The molecule has 4 heteroatoms. The Balaban J connectivity index is 1.86. The van der Waals surface area contributed by atoms with Crippen molar-refractivity contribution in [1.82, 2.24) is 0 Å². The van der Waals surface area contributed by atoms with Gasteiger partial charge >= 0.3 is 5.97 Å². The van der Waals surface area contributed by atoms with Crippen LogP contribution in [0.5, 0.6) is 5.75 Å². The number of aliphatic carboxylic acids is 1. The number of unbranched alkanes of at least 4 members (excludes halogenated alkanes) is 5. The Bertz CT molecular complexity index is 740. The second-order valence-corrected chi connectivity index (χ2v) is 6.58. The van der Waals surface area contributed by atoms with E-state index in [1.165, 1.54) is 25.7 Å². The molecule has 0 aromatic heterocycles. The zero-order chi connectivity index (χ0) is 19.3. The van der Waals surface area contributed by atoms with E-state index >= 15 is 0 Å². The molecule has 0 saturated carbocycles. The molecule has 3 N–H and O–H groups in total. The van der Waals surface area contributed by atoms with E-state index in [9.17, 15) is 4.79 Å². The van der Waals surface area contributed by atoms with Gasteiger partial charge in [0.25, 0.3) is 0 Å². The number of carbonyl (C=O) groups is 1. The highest BCUT2D eigenvalue weighted by Gasteiger charge is 2.02. The maximum Gasteiger partial charge on any atom is 0.328 e. The molecule has 2 rings (SSSR count). The van der Waals surface area contributed by atoms with E-state index in [1.54, 1.807) is 6.08 Å². The van der Waals surface area contributed by atoms with Gasteiger partial charge in [-0.3, -0.25) is 0 Å². The van der Waals surface area contributed by atoms with Gasteiger partial charge in [-0.15, -0.1) is 0 Å². The minimum absolute atomic E-state index is 0.724. The molecule has 0 aliphatic rings. The lowest BCUT2D eigenvalue weighted by Gasteiger charge is -2.09. The van der Waals surface area contributed by atoms with Crippen molar-refractivity contribution < 1.29 is 14.6 Å². The molecule has 2 aromatic rings. The molecule has 144 valence electrons. The number of hydrogen-bond donors (Lipinski definition) is 2. The van der Waals surface area contributed by atoms with Gasteiger partial charge < -0.3 is 15.6 Å². The first-order valence-corrected chi connectivity index (χ1v) is 9.63. The molecule has 27 heavy (non-hydrogen) atoms. The highest BCUT2D eigenvalue weighted by Crippen LogP contribution is 2.25. The van der Waals surface area contributed by atoms with Gasteiger partial charge in [-0.25, -0.2) is 4.79 Å². The average Bonchev–Trinajstić information content (AvgIpc) is 2.69. The summed E-state index contributed by atoms with van der Waals surface area (Å²) in [4.78, 5) is 10.7. The number of rotatable bonds is 12. The van der Waals surface area contributed by atoms with Crippen LogP contribution in [0.25, 0.3) is 17.2 Å². The first-order valence-electron chi connectivity index (χ1n) is 9.63. The van der Waals surface area contributed by atoms with Crippen LogP contribution in [0.15, 0.2) is 54.6 Å². The van der Waals surface area contributed by atoms with Crippen molar-refractivity contribution in [3.8, 4) is 16.9 Å². The number of nitrogens with two attached hydrogens (primary N) is 1. The van der Waals surface area contributed by atoms with Crippen molar-refractivity contribution in [3.63, 3.8) is 0 Å². The summed E-state index contributed by atoms with van der Waals surface area (Å²) in [5.41, 5.74) is 8.45. The summed E-state index contributed by atoms with van der Waals surface area (Å²) in [6, 6.07) is 15.8. The summed E-state index contributed by atoms with van der Waals surface area (Å²) < 4.78 is 5.89. The second kappa shape index (κ2) is 11.9. The van der Waals surface area contributed by atoms with Gasteiger partial charge in [0.15, 0.2) is 0 Å². The normalized spacial score (nSPS) is 11.0. The topological polar surface area (TPSA) is 72.5 Å². The molecule has 2 aromatic carbocycles. The zero-order valence-electron chi connectivity index (χ0n) is 15.8. The van der Waals surface area contributed by atoms with E-state index in [0.29, 0.717) is 0 Å². The first-order chi connectivity index (χ1) is 13.2. The largest absolute Gasteiger partial charge is 0.494 e. The van der Waals surface area contributed by atoms with E-state index < -0.39 is 5.97 Å². The Morgan fingerprint density at radius 2 is 1.59 bits per heavy atom. The van der Waals surface area contributed by atoms with E-state index in [-0.39, 0.29) is 0 Å². The quantitative estimate of drug-likeness (QED) is 0.403. The van der Waals surface area contributed by atoms with E-state index in [1.807, 2.05) is 48.5 Å². The van der Waals surface area contributed by atoms with Gasteiger partial charge in [0, 0.05) is 6.08 Å². The summed E-state index contributed by atoms with van der Waals surface area (Å²) in [5, 5.41) is 8.76. The van der Waals surface area contributed by atoms with E-state index in [2.05, 4.69) is 0 Å². The van der Waals surface area contributed by atoms with Crippen LogP contribution in [0.2, 0.25) is 0 Å². The maximum absolute atomic E-state index is 10.7. The maximum atomic E-state index is 10.7. The number of benzene rings is 2. The van der Waals surface area contributed by atoms with Crippen molar-refractivity contribution in [2.45, 2.75) is 38.5 Å². The summed E-state index contributed by atoms with van der Waals surface area (Å²) in [5.74, 6) is -0.0858. The standard InChI is InChI=1S/C23H29NO3/c24-15-5-3-1-2-4-6-16-27-22-12-8-11-21(18-22)20-10-7-9-19(17-20)13-14-23(25)26/h7-14,17-18H,1-6,15-16,24H2,(H,25,26)/b14-13+. The number of carboxylic acid groups (broad SMARTS) is 1. The monoisotopic (exact) mass is 367 g/mol. The Labute approximate surface area is 161 Å². The molecule has 0 aliphatic heterocycles. The third-order valence-electron chi connectivity index (χ3n) is 4.34. The summed E-state index contributed by atoms with van der Waals surface area (Å²) in [6.07, 6.45) is 9.81. The zero-order valence-corrected chi connectivity index (χ0v) is 15.8. The molecule has 0 bridgehead atoms. The van der Waals surface area contributed by atoms with E-state index in [4.69, 9.17) is 15.6 Å². The Kier molecular flexibility index (Phi) is 9.14. The van der Waals surface area contributed by atoms with Gasteiger partial charge in [0.2, 0.25) is 0 Å². The van der Waals surface area contributed by atoms with Crippen LogP contribution in [-0.2, 0) is 4.79 Å². The van der Waals surface area contributed by atoms with Gasteiger partial charge in [-0.05, 0) is 60.4 Å². The lowest BCUT2D eigenvalue weighted by atomic mass is 10.0. The summed E-state index contributed by atoms with van der Waals surface area (Å²) in [7, 11) is 0. The number of hydrogen-bond acceptors (Lipinski definition) is 3. The molecule has 0 amide bonds. The molecule has 0 atom stereocenters. The van der Waals surface area contributed by atoms with E-state index in [0.717, 1.165) is 54.5 Å². The fraction of sp³-hybridized carbons (Fsp3) is 0.348. The minimum Gasteiger partial charge on any atom is -0.494 e. The number of ether oxygens (including phenoxy) is 1. The second-order valence-electron chi connectivity index (χ2n) is 6.58. The fourth-order valence-electron chi connectivity index (χ4n) is 2.90. The van der Waals surface area contributed by atoms with Crippen molar-refractivity contribution in [2.24, 2.45) is 5.73 Å². The van der Waals surface area contributed by atoms with Crippen LogP contribution < -0.4 is 10.5 Å². The average molecular weight is 367 g/mol.